The first-order valence-electron chi connectivity index (χ1n) is 11.9. The summed E-state index contributed by atoms with van der Waals surface area (Å²) in [5.74, 6) is -0.684. The van der Waals surface area contributed by atoms with Gasteiger partial charge < -0.3 is 20.4 Å². The van der Waals surface area contributed by atoms with Gasteiger partial charge in [-0.3, -0.25) is 4.72 Å². The van der Waals surface area contributed by atoms with Crippen LogP contribution in [0.2, 0.25) is 0 Å². The van der Waals surface area contributed by atoms with Crippen molar-refractivity contribution in [3.8, 4) is 0 Å². The summed E-state index contributed by atoms with van der Waals surface area (Å²) in [6.45, 7) is 1.66. The van der Waals surface area contributed by atoms with Crippen LogP contribution in [0, 0.1) is 0 Å². The minimum absolute atomic E-state index is 0.0214. The summed E-state index contributed by atoms with van der Waals surface area (Å²) in [5, 5.41) is 22.9. The highest BCUT2D eigenvalue weighted by Gasteiger charge is 2.28. The molecule has 37 heavy (non-hydrogen) atoms. The molecule has 1 atom stereocenters. The van der Waals surface area contributed by atoms with Gasteiger partial charge in [-0.25, -0.2) is 4.79 Å². The molecule has 0 amide bonds. The van der Waals surface area contributed by atoms with Crippen molar-refractivity contribution in [1.29, 1.82) is 0 Å². The van der Waals surface area contributed by atoms with Crippen LogP contribution in [-0.2, 0) is 10.2 Å². The monoisotopic (exact) mass is 542 g/mol. The van der Waals surface area contributed by atoms with Crippen LogP contribution in [0.3, 0.4) is 0 Å². The third kappa shape index (κ3) is 7.39. The molecule has 196 valence electrons. The van der Waals surface area contributed by atoms with Crippen LogP contribution in [0.5, 0.6) is 0 Å². The van der Waals surface area contributed by atoms with Gasteiger partial charge >= 0.3 is 16.2 Å². The van der Waals surface area contributed by atoms with Crippen molar-refractivity contribution in [3.63, 3.8) is 0 Å². The highest BCUT2D eigenvalue weighted by Crippen LogP contribution is 2.27. The summed E-state index contributed by atoms with van der Waals surface area (Å²) in [7, 11) is -3.92. The van der Waals surface area contributed by atoms with Gasteiger partial charge in [-0.05, 0) is 42.5 Å². The first-order valence-corrected chi connectivity index (χ1v) is 14.3. The number of carboxylic acids is 1. The number of nitrogens with one attached hydrogen (secondary N) is 2. The number of aliphatic hydroxyl groups is 1. The molecular formula is C26H30N4O5S2. The largest absolute Gasteiger partial charge is 0.478 e. The van der Waals surface area contributed by atoms with Gasteiger partial charge in [-0.1, -0.05) is 36.4 Å². The van der Waals surface area contributed by atoms with Crippen molar-refractivity contribution in [2.24, 2.45) is 0 Å². The van der Waals surface area contributed by atoms with E-state index in [1.807, 2.05) is 60.7 Å². The van der Waals surface area contributed by atoms with Crippen molar-refractivity contribution < 1.29 is 23.4 Å². The molecule has 1 unspecified atom stereocenters. The van der Waals surface area contributed by atoms with Crippen molar-refractivity contribution in [2.75, 3.05) is 46.9 Å². The van der Waals surface area contributed by atoms with Gasteiger partial charge in [0.05, 0.1) is 11.3 Å². The second-order valence-electron chi connectivity index (χ2n) is 8.50. The number of thioether (sulfide) groups is 1. The summed E-state index contributed by atoms with van der Waals surface area (Å²) >= 11 is 1.39. The van der Waals surface area contributed by atoms with E-state index in [9.17, 15) is 23.4 Å². The second kappa shape index (κ2) is 12.3. The predicted molar refractivity (Wildman–Crippen MR) is 148 cm³/mol. The van der Waals surface area contributed by atoms with Crippen LogP contribution < -0.4 is 14.9 Å². The molecule has 1 aliphatic heterocycles. The lowest BCUT2D eigenvalue weighted by molar-refractivity contribution is 0.0697. The molecule has 9 nitrogen and oxygen atoms in total. The van der Waals surface area contributed by atoms with Crippen LogP contribution in [0.4, 0.5) is 17.1 Å². The topological polar surface area (TPSA) is 122 Å². The third-order valence-corrected chi connectivity index (χ3v) is 8.48. The molecule has 1 saturated heterocycles. The number of aliphatic hydroxyl groups excluding tert-OH is 1. The third-order valence-electron chi connectivity index (χ3n) is 5.93. The lowest BCUT2D eigenvalue weighted by atomic mass is 10.2. The summed E-state index contributed by atoms with van der Waals surface area (Å²) in [5.41, 5.74) is 1.75. The number of rotatable bonds is 11. The predicted octanol–water partition coefficient (Wildman–Crippen LogP) is 3.78. The number of hydrogen-bond acceptors (Lipinski definition) is 7. The van der Waals surface area contributed by atoms with Crippen LogP contribution in [0.1, 0.15) is 16.8 Å². The molecule has 4 N–H and O–H groups in total. The van der Waals surface area contributed by atoms with Crippen LogP contribution in [0.25, 0.3) is 0 Å². The van der Waals surface area contributed by atoms with Crippen molar-refractivity contribution >= 4 is 45.0 Å². The molecule has 1 heterocycles. The number of para-hydroxylation sites is 2. The molecule has 1 fully saturated rings. The van der Waals surface area contributed by atoms with Gasteiger partial charge in [0.25, 0.3) is 0 Å². The smallest absolute Gasteiger partial charge is 0.337 e. The number of carbonyl (C=O) groups is 1. The fourth-order valence-corrected chi connectivity index (χ4v) is 6.17. The zero-order valence-electron chi connectivity index (χ0n) is 20.2. The summed E-state index contributed by atoms with van der Waals surface area (Å²) < 4.78 is 29.8. The van der Waals surface area contributed by atoms with E-state index in [1.165, 1.54) is 28.2 Å². The molecule has 0 bridgehead atoms. The molecule has 3 aromatic rings. The number of hydrogen-bond donors (Lipinski definition) is 4. The van der Waals surface area contributed by atoms with E-state index in [4.69, 9.17) is 0 Å². The highest BCUT2D eigenvalue weighted by molar-refractivity contribution is 7.99. The first-order chi connectivity index (χ1) is 17.8. The Kier molecular flexibility index (Phi) is 8.93. The quantitative estimate of drug-likeness (QED) is 0.213. The number of carboxylic acid groups (broad SMARTS) is 1. The fourth-order valence-electron chi connectivity index (χ4n) is 4.00. The van der Waals surface area contributed by atoms with E-state index >= 15 is 0 Å². The van der Waals surface area contributed by atoms with Gasteiger partial charge in [-0.2, -0.15) is 12.7 Å². The Bertz CT molecular complexity index is 1280. The van der Waals surface area contributed by atoms with Gasteiger partial charge in [0.15, 0.2) is 0 Å². The SMILES string of the molecule is O=C(O)c1cc(SCCC(O)Nc2ccccc2)ccc1NS(=O)(=O)N1CCN(c2ccccc2)CC1. The molecule has 1 aliphatic rings. The zero-order valence-corrected chi connectivity index (χ0v) is 21.8. The number of nitrogens with zero attached hydrogens (tertiary/aromatic N) is 2. The Labute approximate surface area is 221 Å². The standard InChI is InChI=1S/C26H30N4O5S2/c31-25(27-20-7-3-1-4-8-20)13-18-36-22-11-12-24(23(19-22)26(32)33)28-37(34,35)30-16-14-29(15-17-30)21-9-5-2-6-10-21/h1-12,19,25,27-28,31H,13-18H2,(H,32,33). The average molecular weight is 543 g/mol. The average Bonchev–Trinajstić information content (AvgIpc) is 2.90. The molecule has 0 aliphatic carbocycles. The first kappa shape index (κ1) is 26.8. The molecule has 3 aromatic carbocycles. The van der Waals surface area contributed by atoms with Gasteiger partial charge in [0, 0.05) is 54.6 Å². The number of benzene rings is 3. The lowest BCUT2D eigenvalue weighted by Crippen LogP contribution is -2.50. The molecular weight excluding hydrogens is 512 g/mol. The van der Waals surface area contributed by atoms with Crippen molar-refractivity contribution in [3.05, 3.63) is 84.4 Å². The molecule has 0 radical (unpaired) electrons. The van der Waals surface area contributed by atoms with Gasteiger partial charge in [0.2, 0.25) is 0 Å². The summed E-state index contributed by atoms with van der Waals surface area (Å²) in [6.07, 6.45) is -0.312. The normalized spacial score (nSPS) is 15.2. The number of anilines is 3. The Hall–Kier alpha value is -3.25. The van der Waals surface area contributed by atoms with Gasteiger partial charge in [0.1, 0.15) is 6.23 Å². The zero-order chi connectivity index (χ0) is 26.3. The lowest BCUT2D eigenvalue weighted by Gasteiger charge is -2.35. The van der Waals surface area contributed by atoms with E-state index in [-0.39, 0.29) is 11.3 Å². The van der Waals surface area contributed by atoms with Crippen molar-refractivity contribution in [2.45, 2.75) is 17.5 Å². The second-order valence-corrected chi connectivity index (χ2v) is 11.3. The maximum atomic E-state index is 13.0. The van der Waals surface area contributed by atoms with Gasteiger partial charge in [-0.15, -0.1) is 11.8 Å². The number of piperazine rings is 1. The molecule has 0 saturated carbocycles. The van der Waals surface area contributed by atoms with E-state index in [2.05, 4.69) is 14.9 Å². The molecule has 0 aromatic heterocycles. The summed E-state index contributed by atoms with van der Waals surface area (Å²) in [6, 6.07) is 23.8. The van der Waals surface area contributed by atoms with Crippen LogP contribution in [-0.4, -0.2) is 67.1 Å². The molecule has 11 heteroatoms. The minimum Gasteiger partial charge on any atom is -0.478 e. The fraction of sp³-hybridized carbons (Fsp3) is 0.269. The minimum atomic E-state index is -3.92. The van der Waals surface area contributed by atoms with Crippen LogP contribution in [0.15, 0.2) is 83.8 Å². The molecule has 0 spiro atoms. The maximum absolute atomic E-state index is 13.0. The van der Waals surface area contributed by atoms with E-state index in [0.29, 0.717) is 43.2 Å². The Morgan fingerprint density at radius 3 is 2.24 bits per heavy atom. The summed E-state index contributed by atoms with van der Waals surface area (Å²) in [4.78, 5) is 14.7. The number of aromatic carboxylic acids is 1. The van der Waals surface area contributed by atoms with E-state index in [0.717, 1.165) is 11.4 Å². The molecule has 4 rings (SSSR count). The maximum Gasteiger partial charge on any atom is 0.337 e. The van der Waals surface area contributed by atoms with E-state index in [1.54, 1.807) is 6.07 Å². The Balaban J connectivity index is 1.34. The Morgan fingerprint density at radius 1 is 0.946 bits per heavy atom. The van der Waals surface area contributed by atoms with Crippen molar-refractivity contribution in [1.82, 2.24) is 4.31 Å². The highest BCUT2D eigenvalue weighted by atomic mass is 32.2. The van der Waals surface area contributed by atoms with Crippen LogP contribution >= 0.6 is 11.8 Å². The van der Waals surface area contributed by atoms with E-state index < -0.39 is 22.4 Å². The Morgan fingerprint density at radius 2 is 1.59 bits per heavy atom.